The molecule has 0 radical (unpaired) electrons. The number of carbonyl (C=O) groups is 1. The van der Waals surface area contributed by atoms with Crippen molar-refractivity contribution in [3.05, 3.63) is 30.0 Å². The first-order valence-electron chi connectivity index (χ1n) is 4.42. The fraction of sp³-hybridized carbons (Fsp3) is 0.100. The molecule has 0 aliphatic heterocycles. The number of rotatable bonds is 3. The van der Waals surface area contributed by atoms with Crippen LogP contribution in [0.1, 0.15) is 10.6 Å². The van der Waals surface area contributed by atoms with Crippen molar-refractivity contribution in [2.75, 3.05) is 7.11 Å². The molecule has 82 valence electrons. The lowest BCUT2D eigenvalue weighted by Crippen LogP contribution is -1.92. The van der Waals surface area contributed by atoms with Crippen LogP contribution in [0.3, 0.4) is 0 Å². The minimum absolute atomic E-state index is 0.223. The Bertz CT molecular complexity index is 521. The van der Waals surface area contributed by atoms with E-state index in [0.717, 1.165) is 0 Å². The molecule has 2 rings (SSSR count). The van der Waals surface area contributed by atoms with Crippen molar-refractivity contribution in [2.24, 2.45) is 0 Å². The lowest BCUT2D eigenvalue weighted by atomic mass is 10.2. The van der Waals surface area contributed by atoms with Crippen LogP contribution in [0.2, 0.25) is 0 Å². The zero-order valence-electron chi connectivity index (χ0n) is 8.38. The van der Waals surface area contributed by atoms with Gasteiger partial charge in [-0.15, -0.1) is 0 Å². The van der Waals surface area contributed by atoms with Gasteiger partial charge in [0, 0.05) is 12.1 Å². The molecule has 0 saturated heterocycles. The van der Waals surface area contributed by atoms with Crippen LogP contribution >= 0.6 is 0 Å². The fourth-order valence-electron chi connectivity index (χ4n) is 1.17. The Labute approximate surface area is 90.5 Å². The van der Waals surface area contributed by atoms with Crippen molar-refractivity contribution in [2.45, 2.75) is 0 Å². The summed E-state index contributed by atoms with van der Waals surface area (Å²) in [5.41, 5.74) is 0.854. The van der Waals surface area contributed by atoms with Crippen molar-refractivity contribution >= 4 is 5.97 Å². The summed E-state index contributed by atoms with van der Waals surface area (Å²) in [7, 11) is 1.50. The zero-order valence-corrected chi connectivity index (χ0v) is 8.38. The summed E-state index contributed by atoms with van der Waals surface area (Å²) < 4.78 is 9.57. The molecule has 1 N–H and O–H groups in total. The summed E-state index contributed by atoms with van der Waals surface area (Å²) in [5, 5.41) is 12.3. The number of aromatic nitrogens is 2. The van der Waals surface area contributed by atoms with E-state index in [1.54, 1.807) is 18.2 Å². The van der Waals surface area contributed by atoms with Gasteiger partial charge in [0.25, 0.3) is 0 Å². The van der Waals surface area contributed by atoms with Gasteiger partial charge in [0.2, 0.25) is 11.6 Å². The van der Waals surface area contributed by atoms with E-state index in [4.69, 9.17) is 9.84 Å². The van der Waals surface area contributed by atoms with E-state index in [1.165, 1.54) is 13.2 Å². The van der Waals surface area contributed by atoms with Crippen molar-refractivity contribution in [3.8, 4) is 17.3 Å². The Morgan fingerprint density at radius 3 is 2.88 bits per heavy atom. The third-order valence-electron chi connectivity index (χ3n) is 1.92. The Morgan fingerprint density at radius 2 is 2.25 bits per heavy atom. The van der Waals surface area contributed by atoms with Gasteiger partial charge in [0.1, 0.15) is 5.69 Å². The van der Waals surface area contributed by atoms with Crippen LogP contribution in [0, 0.1) is 0 Å². The Morgan fingerprint density at radius 1 is 1.44 bits per heavy atom. The highest BCUT2D eigenvalue weighted by Gasteiger charge is 2.13. The molecule has 0 unspecified atom stereocenters. The number of aromatic carboxylic acids is 1. The summed E-state index contributed by atoms with van der Waals surface area (Å²) in [5.74, 6) is -0.960. The first-order valence-corrected chi connectivity index (χ1v) is 4.42. The molecule has 0 aliphatic carbocycles. The Balaban J connectivity index is 2.38. The molecule has 0 aromatic carbocycles. The van der Waals surface area contributed by atoms with Crippen LogP contribution in [-0.2, 0) is 0 Å². The number of ether oxygens (including phenoxy) is 1. The number of hydrogen-bond donors (Lipinski definition) is 1. The minimum atomic E-state index is -1.17. The monoisotopic (exact) mass is 220 g/mol. The van der Waals surface area contributed by atoms with Gasteiger partial charge in [-0.2, -0.15) is 0 Å². The number of nitrogens with zero attached hydrogens (tertiary/aromatic N) is 2. The Kier molecular flexibility index (Phi) is 2.55. The topological polar surface area (TPSA) is 85.5 Å². The van der Waals surface area contributed by atoms with Crippen molar-refractivity contribution in [1.82, 2.24) is 10.1 Å². The van der Waals surface area contributed by atoms with Gasteiger partial charge in [-0.25, -0.2) is 9.78 Å². The highest BCUT2D eigenvalue weighted by Crippen LogP contribution is 2.19. The number of carboxylic acids is 1. The molecule has 2 aromatic heterocycles. The van der Waals surface area contributed by atoms with Crippen molar-refractivity contribution in [3.63, 3.8) is 0 Å². The SMILES string of the molecule is COc1cccc(-c2cc(C(=O)O)on2)n1. The van der Waals surface area contributed by atoms with Gasteiger partial charge < -0.3 is 14.4 Å². The summed E-state index contributed by atoms with van der Waals surface area (Å²) >= 11 is 0. The van der Waals surface area contributed by atoms with Gasteiger partial charge in [-0.1, -0.05) is 11.2 Å². The second-order valence-electron chi connectivity index (χ2n) is 2.95. The van der Waals surface area contributed by atoms with Gasteiger partial charge >= 0.3 is 5.97 Å². The predicted octanol–water partition coefficient (Wildman–Crippen LogP) is 1.44. The molecule has 0 saturated carbocycles. The molecule has 16 heavy (non-hydrogen) atoms. The van der Waals surface area contributed by atoms with Crippen LogP contribution in [0.4, 0.5) is 0 Å². The summed E-state index contributed by atoms with van der Waals surface area (Å²) in [6.07, 6.45) is 0. The van der Waals surface area contributed by atoms with Crippen LogP contribution in [0.5, 0.6) is 5.88 Å². The predicted molar refractivity (Wildman–Crippen MR) is 53.2 cm³/mol. The van der Waals surface area contributed by atoms with Crippen molar-refractivity contribution < 1.29 is 19.2 Å². The molecule has 6 heteroatoms. The van der Waals surface area contributed by atoms with Gasteiger partial charge in [-0.05, 0) is 6.07 Å². The van der Waals surface area contributed by atoms with Crippen LogP contribution in [0.15, 0.2) is 28.8 Å². The van der Waals surface area contributed by atoms with Crippen molar-refractivity contribution in [1.29, 1.82) is 0 Å². The lowest BCUT2D eigenvalue weighted by Gasteiger charge is -1.99. The lowest BCUT2D eigenvalue weighted by molar-refractivity contribution is 0.0652. The smallest absolute Gasteiger partial charge is 0.374 e. The Hall–Kier alpha value is -2.37. The third-order valence-corrected chi connectivity index (χ3v) is 1.92. The maximum absolute atomic E-state index is 10.6. The maximum atomic E-state index is 10.6. The van der Waals surface area contributed by atoms with E-state index in [-0.39, 0.29) is 5.76 Å². The minimum Gasteiger partial charge on any atom is -0.481 e. The average Bonchev–Trinajstić information content (AvgIpc) is 2.78. The first-order chi connectivity index (χ1) is 7.70. The second kappa shape index (κ2) is 4.01. The van der Waals surface area contributed by atoms with E-state index in [9.17, 15) is 4.79 Å². The molecule has 0 spiro atoms. The molecule has 0 amide bonds. The molecule has 0 bridgehead atoms. The average molecular weight is 220 g/mol. The van der Waals surface area contributed by atoms with Gasteiger partial charge in [0.15, 0.2) is 0 Å². The molecule has 2 heterocycles. The van der Waals surface area contributed by atoms with E-state index in [2.05, 4.69) is 14.7 Å². The normalized spacial score (nSPS) is 10.1. The molecule has 2 aromatic rings. The standard InChI is InChI=1S/C10H8N2O4/c1-15-9-4-2-3-6(11-9)7-5-8(10(13)14)16-12-7/h2-5H,1H3,(H,13,14). The maximum Gasteiger partial charge on any atom is 0.374 e. The number of methoxy groups -OCH3 is 1. The second-order valence-corrected chi connectivity index (χ2v) is 2.95. The quantitative estimate of drug-likeness (QED) is 0.842. The fourth-order valence-corrected chi connectivity index (χ4v) is 1.17. The molecular formula is C10H8N2O4. The largest absolute Gasteiger partial charge is 0.481 e. The van der Waals surface area contributed by atoms with Crippen LogP contribution in [0.25, 0.3) is 11.4 Å². The molecular weight excluding hydrogens is 212 g/mol. The number of pyridine rings is 1. The van der Waals surface area contributed by atoms with Gasteiger partial charge in [-0.3, -0.25) is 0 Å². The molecule has 0 fully saturated rings. The molecule has 0 aliphatic rings. The number of carboxylic acid groups (broad SMARTS) is 1. The molecule has 0 atom stereocenters. The van der Waals surface area contributed by atoms with Crippen LogP contribution < -0.4 is 4.74 Å². The third kappa shape index (κ3) is 1.85. The van der Waals surface area contributed by atoms with E-state index >= 15 is 0 Å². The van der Waals surface area contributed by atoms with E-state index < -0.39 is 5.97 Å². The summed E-state index contributed by atoms with van der Waals surface area (Å²) in [6.45, 7) is 0. The van der Waals surface area contributed by atoms with Gasteiger partial charge in [0.05, 0.1) is 12.8 Å². The van der Waals surface area contributed by atoms with Crippen LogP contribution in [-0.4, -0.2) is 28.3 Å². The number of hydrogen-bond acceptors (Lipinski definition) is 5. The van der Waals surface area contributed by atoms with E-state index in [0.29, 0.717) is 17.3 Å². The summed E-state index contributed by atoms with van der Waals surface area (Å²) in [6, 6.07) is 6.41. The van der Waals surface area contributed by atoms with E-state index in [1.807, 2.05) is 0 Å². The molecule has 6 nitrogen and oxygen atoms in total. The highest BCUT2D eigenvalue weighted by atomic mass is 16.5. The highest BCUT2D eigenvalue weighted by molar-refractivity contribution is 5.85. The first kappa shape index (κ1) is 10.2. The summed E-state index contributed by atoms with van der Waals surface area (Å²) in [4.78, 5) is 14.7. The zero-order chi connectivity index (χ0) is 11.5.